The molecule has 3 rings (SSSR count). The van der Waals surface area contributed by atoms with Gasteiger partial charge in [-0.15, -0.1) is 0 Å². The molecule has 0 radical (unpaired) electrons. The van der Waals surface area contributed by atoms with Crippen LogP contribution in [-0.4, -0.2) is 71.9 Å². The number of nitrogens with zero attached hydrogens (tertiary/aromatic N) is 1. The molecule has 0 spiro atoms. The Morgan fingerprint density at radius 2 is 1.59 bits per heavy atom. The largest absolute Gasteiger partial charge is 0.463 e. The highest BCUT2D eigenvalue weighted by atomic mass is 16.6. The van der Waals surface area contributed by atoms with E-state index in [4.69, 9.17) is 4.74 Å². The second-order valence-corrected chi connectivity index (χ2v) is 13.4. The maximum absolute atomic E-state index is 13.9. The summed E-state index contributed by atoms with van der Waals surface area (Å²) in [7, 11) is 1.13. The minimum absolute atomic E-state index is 0.0894. The number of ketones is 1. The third-order valence-electron chi connectivity index (χ3n) is 7.82. The molecule has 2 aliphatic carbocycles. The Morgan fingerprint density at radius 3 is 2.08 bits per heavy atom. The van der Waals surface area contributed by atoms with Crippen molar-refractivity contribution >= 4 is 29.7 Å². The summed E-state index contributed by atoms with van der Waals surface area (Å²) in [6, 6.07) is -2.74. The van der Waals surface area contributed by atoms with Gasteiger partial charge in [0.1, 0.15) is 17.7 Å². The summed E-state index contributed by atoms with van der Waals surface area (Å²) in [5.41, 5.74) is -1.54. The number of amides is 3. The molecule has 2 N–H and O–H groups in total. The zero-order valence-corrected chi connectivity index (χ0v) is 23.6. The number of hydrogen-bond donors (Lipinski definition) is 2. The summed E-state index contributed by atoms with van der Waals surface area (Å²) >= 11 is 0. The number of alkyl carbamates (subject to hydrolysis) is 1. The highest BCUT2D eigenvalue weighted by Crippen LogP contribution is 2.65. The first-order valence-electron chi connectivity index (χ1n) is 13.1. The molecule has 3 fully saturated rings. The first kappa shape index (κ1) is 28.9. The van der Waals surface area contributed by atoms with Gasteiger partial charge in [0, 0.05) is 6.54 Å². The monoisotopic (exact) mass is 521 g/mol. The van der Waals surface area contributed by atoms with Crippen molar-refractivity contribution in [2.24, 2.45) is 28.6 Å². The molecule has 0 bridgehead atoms. The van der Waals surface area contributed by atoms with Crippen molar-refractivity contribution in [1.82, 2.24) is 15.5 Å². The van der Waals surface area contributed by atoms with Crippen LogP contribution in [0.2, 0.25) is 0 Å². The molecule has 1 saturated heterocycles. The van der Waals surface area contributed by atoms with Crippen molar-refractivity contribution in [2.75, 3.05) is 13.7 Å². The molecule has 208 valence electrons. The van der Waals surface area contributed by atoms with Gasteiger partial charge in [-0.05, 0) is 55.8 Å². The Balaban J connectivity index is 1.83. The summed E-state index contributed by atoms with van der Waals surface area (Å²) in [4.78, 5) is 66.3. The fraction of sp³-hybridized carbons (Fsp3) is 0.815. The second-order valence-electron chi connectivity index (χ2n) is 13.4. The number of Topliss-reactive ketones (excluding diaryl/α,β-unsaturated/α-hetero) is 1. The average Bonchev–Trinajstić information content (AvgIpc) is 3.60. The van der Waals surface area contributed by atoms with E-state index >= 15 is 0 Å². The predicted molar refractivity (Wildman–Crippen MR) is 135 cm³/mol. The summed E-state index contributed by atoms with van der Waals surface area (Å²) in [6.45, 7) is 15.2. The Morgan fingerprint density at radius 1 is 1.00 bits per heavy atom. The highest BCUT2D eigenvalue weighted by Gasteiger charge is 2.70. The number of esters is 1. The van der Waals surface area contributed by atoms with Gasteiger partial charge in [-0.1, -0.05) is 47.5 Å². The van der Waals surface area contributed by atoms with Crippen LogP contribution in [-0.2, 0) is 28.7 Å². The van der Waals surface area contributed by atoms with Gasteiger partial charge >= 0.3 is 12.1 Å². The van der Waals surface area contributed by atoms with Gasteiger partial charge < -0.3 is 25.0 Å². The first-order chi connectivity index (χ1) is 16.9. The second kappa shape index (κ2) is 9.91. The quantitative estimate of drug-likeness (QED) is 0.370. The molecule has 5 unspecified atom stereocenters. The third-order valence-corrected chi connectivity index (χ3v) is 7.82. The smallest absolute Gasteiger partial charge is 0.408 e. The lowest BCUT2D eigenvalue weighted by molar-refractivity contribution is -0.153. The standard InChI is InChI=1S/C27H43N3O7/c1-25(2,3)20(29-24(35)37-26(4,5)6)22(33)30-13-15-17(27(15,7)8)18(30)21(32)28-16(12-14-10-11-14)19(31)23(34)36-9/h14-18,20H,10-13H2,1-9H3,(H,28,32)(H,29,35). The van der Waals surface area contributed by atoms with Gasteiger partial charge in [-0.25, -0.2) is 9.59 Å². The van der Waals surface area contributed by atoms with Gasteiger partial charge in [0.2, 0.25) is 11.8 Å². The minimum Gasteiger partial charge on any atom is -0.463 e. The van der Waals surface area contributed by atoms with Crippen molar-refractivity contribution in [2.45, 2.75) is 98.4 Å². The number of piperidine rings is 1. The van der Waals surface area contributed by atoms with Crippen molar-refractivity contribution in [1.29, 1.82) is 0 Å². The molecule has 0 aromatic heterocycles. The summed E-state index contributed by atoms with van der Waals surface area (Å²) in [5.74, 6) is -2.32. The highest BCUT2D eigenvalue weighted by molar-refractivity contribution is 6.36. The van der Waals surface area contributed by atoms with Crippen LogP contribution in [0.5, 0.6) is 0 Å². The molecular formula is C27H43N3O7. The number of carbonyl (C=O) groups excluding carboxylic acids is 5. The Hall–Kier alpha value is -2.65. The summed E-state index contributed by atoms with van der Waals surface area (Å²) in [5, 5.41) is 5.50. The lowest BCUT2D eigenvalue weighted by Crippen LogP contribution is -2.60. The predicted octanol–water partition coefficient (Wildman–Crippen LogP) is 2.44. The van der Waals surface area contributed by atoms with Crippen LogP contribution < -0.4 is 10.6 Å². The molecule has 2 saturated carbocycles. The normalized spacial score (nSPS) is 25.9. The molecule has 1 aliphatic heterocycles. The van der Waals surface area contributed by atoms with Crippen LogP contribution in [0.15, 0.2) is 0 Å². The van der Waals surface area contributed by atoms with E-state index in [9.17, 15) is 24.0 Å². The molecule has 3 aliphatic rings. The Bertz CT molecular complexity index is 958. The molecule has 0 aromatic rings. The number of likely N-dealkylation sites (tertiary alicyclic amines) is 1. The molecular weight excluding hydrogens is 478 g/mol. The fourth-order valence-electron chi connectivity index (χ4n) is 5.47. The number of fused-ring (bicyclic) bond motifs is 1. The molecule has 3 amide bonds. The molecule has 10 heteroatoms. The molecule has 10 nitrogen and oxygen atoms in total. The van der Waals surface area contributed by atoms with Crippen LogP contribution in [0.25, 0.3) is 0 Å². The van der Waals surface area contributed by atoms with Crippen molar-refractivity contribution < 1.29 is 33.4 Å². The molecule has 5 atom stereocenters. The Labute approximate surface area is 219 Å². The average molecular weight is 522 g/mol. The van der Waals surface area contributed by atoms with E-state index < -0.39 is 52.9 Å². The minimum atomic E-state index is -0.997. The maximum atomic E-state index is 13.9. The van der Waals surface area contributed by atoms with E-state index in [1.165, 1.54) is 4.90 Å². The number of carbonyl (C=O) groups is 5. The zero-order valence-electron chi connectivity index (χ0n) is 23.6. The van der Waals surface area contributed by atoms with Crippen molar-refractivity contribution in [3.63, 3.8) is 0 Å². The van der Waals surface area contributed by atoms with Gasteiger partial charge in [0.25, 0.3) is 5.78 Å². The van der Waals surface area contributed by atoms with Gasteiger partial charge in [-0.3, -0.25) is 14.4 Å². The van der Waals surface area contributed by atoms with Gasteiger partial charge in [0.15, 0.2) is 0 Å². The lowest BCUT2D eigenvalue weighted by Gasteiger charge is -2.38. The lowest BCUT2D eigenvalue weighted by atomic mass is 9.85. The van der Waals surface area contributed by atoms with Crippen LogP contribution in [0.3, 0.4) is 0 Å². The molecule has 1 heterocycles. The molecule has 37 heavy (non-hydrogen) atoms. The van der Waals surface area contributed by atoms with E-state index in [-0.39, 0.29) is 29.1 Å². The maximum Gasteiger partial charge on any atom is 0.408 e. The SMILES string of the molecule is COC(=O)C(=O)C(CC1CC1)NC(=O)C1C2C(CN1C(=O)C(NC(=O)OC(C)(C)C)C(C)(C)C)C2(C)C. The number of nitrogens with one attached hydrogen (secondary N) is 2. The van der Waals surface area contributed by atoms with Crippen molar-refractivity contribution in [3.05, 3.63) is 0 Å². The number of hydrogen-bond acceptors (Lipinski definition) is 7. The van der Waals surface area contributed by atoms with Crippen LogP contribution >= 0.6 is 0 Å². The van der Waals surface area contributed by atoms with Crippen LogP contribution in [0.1, 0.15) is 74.7 Å². The Kier molecular flexibility index (Phi) is 7.74. The van der Waals surface area contributed by atoms with E-state index in [0.29, 0.717) is 13.0 Å². The van der Waals surface area contributed by atoms with Gasteiger partial charge in [0.05, 0.1) is 13.2 Å². The topological polar surface area (TPSA) is 131 Å². The van der Waals surface area contributed by atoms with Crippen molar-refractivity contribution in [3.8, 4) is 0 Å². The first-order valence-corrected chi connectivity index (χ1v) is 13.1. The fourth-order valence-corrected chi connectivity index (χ4v) is 5.47. The number of ether oxygens (including phenoxy) is 2. The molecule has 0 aromatic carbocycles. The summed E-state index contributed by atoms with van der Waals surface area (Å²) in [6.07, 6.45) is 1.54. The summed E-state index contributed by atoms with van der Waals surface area (Å²) < 4.78 is 9.99. The number of rotatable bonds is 8. The zero-order chi connectivity index (χ0) is 28.1. The van der Waals surface area contributed by atoms with Gasteiger partial charge in [-0.2, -0.15) is 0 Å². The van der Waals surface area contributed by atoms with E-state index in [1.807, 2.05) is 20.8 Å². The van der Waals surface area contributed by atoms with Crippen LogP contribution in [0.4, 0.5) is 4.79 Å². The van der Waals surface area contributed by atoms with E-state index in [0.717, 1.165) is 20.0 Å². The number of methoxy groups -OCH3 is 1. The third kappa shape index (κ3) is 6.44. The van der Waals surface area contributed by atoms with E-state index in [2.05, 4.69) is 29.2 Å². The van der Waals surface area contributed by atoms with Crippen LogP contribution in [0, 0.1) is 28.6 Å². The van der Waals surface area contributed by atoms with E-state index in [1.54, 1.807) is 20.8 Å².